The minimum Gasteiger partial charge on any atom is -0.461 e. The Bertz CT molecular complexity index is 477. The van der Waals surface area contributed by atoms with Crippen molar-refractivity contribution in [2.24, 2.45) is 5.73 Å². The zero-order valence-corrected chi connectivity index (χ0v) is 9.75. The summed E-state index contributed by atoms with van der Waals surface area (Å²) in [5.74, 6) is -3.55. The molecule has 0 aromatic carbocycles. The summed E-state index contributed by atoms with van der Waals surface area (Å²) in [5, 5.41) is 0. The van der Waals surface area contributed by atoms with Crippen molar-refractivity contribution in [2.75, 3.05) is 6.61 Å². The topological polar surface area (TPSA) is 74.4 Å². The number of ether oxygens (including phenoxy) is 2. The smallest absolute Gasteiger partial charge is 0.461 e. The first-order chi connectivity index (χ1) is 8.80. The zero-order chi connectivity index (χ0) is 14.6. The lowest BCUT2D eigenvalue weighted by Crippen LogP contribution is -2.22. The van der Waals surface area contributed by atoms with Crippen molar-refractivity contribution < 1.29 is 31.8 Å². The Morgan fingerprint density at radius 2 is 2.11 bits per heavy atom. The van der Waals surface area contributed by atoms with Gasteiger partial charge in [0.2, 0.25) is 0 Å². The molecule has 0 bridgehead atoms. The fraction of sp³-hybridized carbons (Fsp3) is 0.400. The van der Waals surface area contributed by atoms with E-state index in [-0.39, 0.29) is 6.61 Å². The molecular formula is C10H10F4N2O3. The molecule has 5 nitrogen and oxygen atoms in total. The standard InChI is InChI=1S/C10H10F4N2O3/c1-2-18-9(17)7-5(3-15)8(6(11)4-16-7)19-10(12,13)14/h4H,2-3,15H2,1H3. The molecule has 0 aliphatic heterocycles. The molecule has 0 unspecified atom stereocenters. The first kappa shape index (κ1) is 15.2. The van der Waals surface area contributed by atoms with E-state index in [1.165, 1.54) is 6.92 Å². The van der Waals surface area contributed by atoms with Crippen molar-refractivity contribution >= 4 is 5.97 Å². The van der Waals surface area contributed by atoms with Gasteiger partial charge >= 0.3 is 12.3 Å². The molecule has 9 heteroatoms. The Morgan fingerprint density at radius 1 is 1.47 bits per heavy atom. The van der Waals surface area contributed by atoms with Crippen LogP contribution in [0.25, 0.3) is 0 Å². The summed E-state index contributed by atoms with van der Waals surface area (Å²) in [4.78, 5) is 14.8. The Labute approximate surface area is 105 Å². The van der Waals surface area contributed by atoms with Crippen LogP contribution in [0, 0.1) is 5.82 Å². The molecule has 0 amide bonds. The van der Waals surface area contributed by atoms with E-state index in [1.54, 1.807) is 0 Å². The number of rotatable bonds is 4. The van der Waals surface area contributed by atoms with Gasteiger partial charge in [0.05, 0.1) is 12.8 Å². The maximum absolute atomic E-state index is 13.3. The van der Waals surface area contributed by atoms with Crippen LogP contribution in [-0.2, 0) is 11.3 Å². The van der Waals surface area contributed by atoms with Gasteiger partial charge in [0.15, 0.2) is 17.3 Å². The van der Waals surface area contributed by atoms with Gasteiger partial charge in [0, 0.05) is 12.1 Å². The van der Waals surface area contributed by atoms with Gasteiger partial charge in [-0.15, -0.1) is 13.2 Å². The fourth-order valence-corrected chi connectivity index (χ4v) is 1.30. The van der Waals surface area contributed by atoms with Crippen LogP contribution in [0.4, 0.5) is 17.6 Å². The summed E-state index contributed by atoms with van der Waals surface area (Å²) in [7, 11) is 0. The van der Waals surface area contributed by atoms with Crippen molar-refractivity contribution in [3.05, 3.63) is 23.3 Å². The van der Waals surface area contributed by atoms with Gasteiger partial charge in [0.1, 0.15) is 0 Å². The van der Waals surface area contributed by atoms with Crippen LogP contribution in [0.2, 0.25) is 0 Å². The molecule has 0 fully saturated rings. The number of hydrogen-bond donors (Lipinski definition) is 1. The Morgan fingerprint density at radius 3 is 2.58 bits per heavy atom. The second kappa shape index (κ2) is 5.83. The Hall–Kier alpha value is -1.90. The normalized spacial score (nSPS) is 11.3. The van der Waals surface area contributed by atoms with E-state index in [9.17, 15) is 22.4 Å². The third-order valence-corrected chi connectivity index (χ3v) is 1.97. The maximum Gasteiger partial charge on any atom is 0.573 e. The predicted octanol–water partition coefficient (Wildman–Crippen LogP) is 1.75. The average Bonchev–Trinajstić information content (AvgIpc) is 2.30. The summed E-state index contributed by atoms with van der Waals surface area (Å²) in [6.45, 7) is 0.915. The van der Waals surface area contributed by atoms with Crippen LogP contribution in [0.5, 0.6) is 5.75 Å². The highest BCUT2D eigenvalue weighted by molar-refractivity contribution is 5.89. The molecule has 0 atom stereocenters. The molecule has 1 aromatic rings. The minimum absolute atomic E-state index is 0.0165. The van der Waals surface area contributed by atoms with Crippen LogP contribution in [-0.4, -0.2) is 23.9 Å². The number of halogens is 4. The third kappa shape index (κ3) is 3.78. The van der Waals surface area contributed by atoms with Gasteiger partial charge in [-0.25, -0.2) is 14.2 Å². The second-order valence-corrected chi connectivity index (χ2v) is 3.23. The summed E-state index contributed by atoms with van der Waals surface area (Å²) in [6.07, 6.45) is -4.68. The fourth-order valence-electron chi connectivity index (χ4n) is 1.30. The van der Waals surface area contributed by atoms with Crippen molar-refractivity contribution in [3.8, 4) is 5.75 Å². The highest BCUT2D eigenvalue weighted by Crippen LogP contribution is 2.30. The van der Waals surface area contributed by atoms with Crippen LogP contribution in [0.3, 0.4) is 0 Å². The van der Waals surface area contributed by atoms with Crippen LogP contribution in [0.15, 0.2) is 6.20 Å². The van der Waals surface area contributed by atoms with E-state index in [1.807, 2.05) is 0 Å². The van der Waals surface area contributed by atoms with E-state index in [0.29, 0.717) is 6.20 Å². The molecule has 0 aliphatic rings. The molecule has 0 radical (unpaired) electrons. The van der Waals surface area contributed by atoms with Gasteiger partial charge in [-0.05, 0) is 6.92 Å². The number of pyridine rings is 1. The number of aromatic nitrogens is 1. The van der Waals surface area contributed by atoms with Crippen molar-refractivity contribution in [1.29, 1.82) is 0 Å². The van der Waals surface area contributed by atoms with Crippen molar-refractivity contribution in [1.82, 2.24) is 4.98 Å². The lowest BCUT2D eigenvalue weighted by molar-refractivity contribution is -0.275. The molecular weight excluding hydrogens is 272 g/mol. The number of carbonyl (C=O) groups is 1. The SMILES string of the molecule is CCOC(=O)c1ncc(F)c(OC(F)(F)F)c1CN. The Balaban J connectivity index is 3.29. The summed E-state index contributed by atoms with van der Waals surface area (Å²) in [6, 6.07) is 0. The molecule has 2 N–H and O–H groups in total. The van der Waals surface area contributed by atoms with Crippen LogP contribution in [0.1, 0.15) is 23.0 Å². The number of hydrogen-bond acceptors (Lipinski definition) is 5. The second-order valence-electron chi connectivity index (χ2n) is 3.23. The molecule has 0 spiro atoms. The predicted molar refractivity (Wildman–Crippen MR) is 54.7 cm³/mol. The van der Waals surface area contributed by atoms with E-state index in [0.717, 1.165) is 0 Å². The molecule has 0 saturated heterocycles. The van der Waals surface area contributed by atoms with E-state index < -0.39 is 41.7 Å². The molecule has 1 rings (SSSR count). The zero-order valence-electron chi connectivity index (χ0n) is 9.75. The number of nitrogens with zero attached hydrogens (tertiary/aromatic N) is 1. The van der Waals surface area contributed by atoms with E-state index >= 15 is 0 Å². The first-order valence-corrected chi connectivity index (χ1v) is 5.10. The average molecular weight is 282 g/mol. The quantitative estimate of drug-likeness (QED) is 0.672. The molecule has 0 saturated carbocycles. The highest BCUT2D eigenvalue weighted by Gasteiger charge is 2.35. The van der Waals surface area contributed by atoms with Crippen molar-refractivity contribution in [3.63, 3.8) is 0 Å². The molecule has 1 heterocycles. The van der Waals surface area contributed by atoms with Crippen molar-refractivity contribution in [2.45, 2.75) is 19.8 Å². The monoisotopic (exact) mass is 282 g/mol. The van der Waals surface area contributed by atoms with Crippen LogP contribution >= 0.6 is 0 Å². The molecule has 0 aliphatic carbocycles. The lowest BCUT2D eigenvalue weighted by atomic mass is 10.1. The summed E-state index contributed by atoms with van der Waals surface area (Å²) in [5.41, 5.74) is 4.20. The van der Waals surface area contributed by atoms with E-state index in [4.69, 9.17) is 5.73 Å². The van der Waals surface area contributed by atoms with Crippen LogP contribution < -0.4 is 10.5 Å². The van der Waals surface area contributed by atoms with Gasteiger partial charge in [-0.1, -0.05) is 0 Å². The summed E-state index contributed by atoms with van der Waals surface area (Å²) < 4.78 is 57.9. The number of nitrogens with two attached hydrogens (primary N) is 1. The lowest BCUT2D eigenvalue weighted by Gasteiger charge is -2.15. The number of alkyl halides is 3. The number of carbonyl (C=O) groups excluding carboxylic acids is 1. The largest absolute Gasteiger partial charge is 0.573 e. The van der Waals surface area contributed by atoms with Gasteiger partial charge < -0.3 is 15.2 Å². The molecule has 1 aromatic heterocycles. The highest BCUT2D eigenvalue weighted by atomic mass is 19.4. The van der Waals surface area contributed by atoms with Gasteiger partial charge in [-0.2, -0.15) is 0 Å². The third-order valence-electron chi connectivity index (χ3n) is 1.97. The minimum atomic E-state index is -5.11. The number of esters is 1. The van der Waals surface area contributed by atoms with Gasteiger partial charge in [0.25, 0.3) is 0 Å². The molecule has 106 valence electrons. The first-order valence-electron chi connectivity index (χ1n) is 5.10. The summed E-state index contributed by atoms with van der Waals surface area (Å²) >= 11 is 0. The van der Waals surface area contributed by atoms with E-state index in [2.05, 4.69) is 14.5 Å². The van der Waals surface area contributed by atoms with Gasteiger partial charge in [-0.3, -0.25) is 0 Å². The Kier molecular flexibility index (Phi) is 4.65. The molecule has 19 heavy (non-hydrogen) atoms. The maximum atomic E-state index is 13.3.